The number of fused-ring (bicyclic) bond motifs is 2. The monoisotopic (exact) mass is 488 g/mol. The van der Waals surface area contributed by atoms with Gasteiger partial charge in [-0.3, -0.25) is 0 Å². The van der Waals surface area contributed by atoms with E-state index in [2.05, 4.69) is 20.4 Å². The van der Waals surface area contributed by atoms with Crippen LogP contribution in [0.15, 0.2) is 60.2 Å². The topological polar surface area (TPSA) is 113 Å². The Kier molecular flexibility index (Phi) is 9.84. The summed E-state index contributed by atoms with van der Waals surface area (Å²) in [5, 5.41) is 26.8. The number of carboxylic acid groups (broad SMARTS) is 1. The molecule has 2 aromatic rings. The van der Waals surface area contributed by atoms with E-state index in [0.29, 0.717) is 47.5 Å². The summed E-state index contributed by atoms with van der Waals surface area (Å²) in [6.45, 7) is 14.0. The van der Waals surface area contributed by atoms with Gasteiger partial charge >= 0.3 is 5.97 Å². The van der Waals surface area contributed by atoms with E-state index in [1.54, 1.807) is 6.07 Å². The number of aliphatic carboxylic acids is 1. The fourth-order valence-electron chi connectivity index (χ4n) is 3.19. The number of nitriles is 2. The molecule has 1 aliphatic rings. The van der Waals surface area contributed by atoms with Crippen molar-refractivity contribution in [2.75, 3.05) is 13.2 Å². The molecule has 0 fully saturated rings. The number of hydrogen-bond acceptors (Lipinski definition) is 6. The minimum absolute atomic E-state index is 0.0559. The molecular formula is C29H32N2O5. The number of allylic oxidation sites excluding steroid dienone is 1. The summed E-state index contributed by atoms with van der Waals surface area (Å²) in [7, 11) is 0. The molecule has 0 saturated heterocycles. The van der Waals surface area contributed by atoms with Gasteiger partial charge in [0.05, 0.1) is 5.60 Å². The van der Waals surface area contributed by atoms with Crippen molar-refractivity contribution in [1.82, 2.24) is 0 Å². The molecule has 0 spiro atoms. The maximum Gasteiger partial charge on any atom is 0.330 e. The van der Waals surface area contributed by atoms with Crippen molar-refractivity contribution >= 4 is 11.5 Å². The van der Waals surface area contributed by atoms with Crippen LogP contribution in [0.4, 0.5) is 0 Å². The maximum absolute atomic E-state index is 9.60. The molecule has 7 heteroatoms. The third kappa shape index (κ3) is 7.73. The highest BCUT2D eigenvalue weighted by atomic mass is 16.5. The molecule has 0 radical (unpaired) electrons. The maximum atomic E-state index is 9.60. The molecule has 0 amide bonds. The predicted molar refractivity (Wildman–Crippen MR) is 138 cm³/mol. The van der Waals surface area contributed by atoms with Crippen LogP contribution >= 0.6 is 0 Å². The first-order valence-electron chi connectivity index (χ1n) is 11.6. The second-order valence-electron chi connectivity index (χ2n) is 9.39. The minimum atomic E-state index is -0.935. The molecule has 0 bridgehead atoms. The smallest absolute Gasteiger partial charge is 0.330 e. The lowest BCUT2D eigenvalue weighted by Gasteiger charge is -2.27. The summed E-state index contributed by atoms with van der Waals surface area (Å²) >= 11 is 0. The quantitative estimate of drug-likeness (QED) is 0.284. The highest BCUT2D eigenvalue weighted by molar-refractivity contribution is 5.93. The van der Waals surface area contributed by atoms with Crippen molar-refractivity contribution < 1.29 is 24.1 Å². The van der Waals surface area contributed by atoms with E-state index in [9.17, 15) is 15.3 Å². The number of para-hydroxylation sites is 1. The molecule has 1 N–H and O–H groups in total. The molecule has 0 aromatic heterocycles. The van der Waals surface area contributed by atoms with Crippen molar-refractivity contribution in [3.05, 3.63) is 71.3 Å². The fourth-order valence-corrected chi connectivity index (χ4v) is 3.19. The Labute approximate surface area is 212 Å². The summed E-state index contributed by atoms with van der Waals surface area (Å²) in [4.78, 5) is 9.60. The van der Waals surface area contributed by atoms with Crippen LogP contribution in [-0.4, -0.2) is 29.9 Å². The normalized spacial score (nSPS) is 11.5. The Morgan fingerprint density at radius 2 is 1.72 bits per heavy atom. The van der Waals surface area contributed by atoms with Gasteiger partial charge in [0.15, 0.2) is 0 Å². The fraction of sp³-hybridized carbons (Fsp3) is 0.345. The first-order chi connectivity index (χ1) is 17.0. The first-order valence-corrected chi connectivity index (χ1v) is 11.6. The van der Waals surface area contributed by atoms with Crippen LogP contribution < -0.4 is 9.47 Å². The van der Waals surface area contributed by atoms with Crippen LogP contribution in [0.1, 0.15) is 52.2 Å². The number of ether oxygens (including phenoxy) is 3. The van der Waals surface area contributed by atoms with Gasteiger partial charge in [-0.2, -0.15) is 10.5 Å². The van der Waals surface area contributed by atoms with Gasteiger partial charge in [-0.15, -0.1) is 0 Å². The average molecular weight is 489 g/mol. The van der Waals surface area contributed by atoms with Gasteiger partial charge in [0.2, 0.25) is 0 Å². The van der Waals surface area contributed by atoms with Gasteiger partial charge in [0.25, 0.3) is 0 Å². The average Bonchev–Trinajstić information content (AvgIpc) is 2.83. The second kappa shape index (κ2) is 12.6. The zero-order chi connectivity index (χ0) is 26.9. The molecule has 1 heterocycles. The molecule has 0 atom stereocenters. The number of nitrogens with zero attached hydrogens (tertiary/aromatic N) is 2. The molecule has 188 valence electrons. The van der Waals surface area contributed by atoms with E-state index in [-0.39, 0.29) is 11.1 Å². The number of hydrogen-bond donors (Lipinski definition) is 1. The Hall–Kier alpha value is -4.07. The lowest BCUT2D eigenvalue weighted by atomic mass is 9.90. The summed E-state index contributed by atoms with van der Waals surface area (Å²) in [5.74, 6) is 1.47. The highest BCUT2D eigenvalue weighted by Gasteiger charge is 2.26. The van der Waals surface area contributed by atoms with Gasteiger partial charge < -0.3 is 19.3 Å². The largest absolute Gasteiger partial charge is 0.490 e. The third-order valence-corrected chi connectivity index (χ3v) is 5.21. The van der Waals surface area contributed by atoms with E-state index in [0.717, 1.165) is 12.0 Å². The minimum Gasteiger partial charge on any atom is -0.490 e. The molecule has 0 unspecified atom stereocenters. The number of carboxylic acids is 1. The highest BCUT2D eigenvalue weighted by Crippen LogP contribution is 2.46. The van der Waals surface area contributed by atoms with Crippen LogP contribution in [0.2, 0.25) is 0 Å². The van der Waals surface area contributed by atoms with Gasteiger partial charge in [-0.05, 0) is 51.3 Å². The second-order valence-corrected chi connectivity index (χ2v) is 9.39. The molecule has 2 aromatic carbocycles. The Morgan fingerprint density at radius 3 is 2.31 bits per heavy atom. The van der Waals surface area contributed by atoms with Crippen molar-refractivity contribution in [2.45, 2.75) is 46.6 Å². The standard InChI is InChI=1S/C25H26N2O3.C4H6O2/c1-17(2)11-12-29-25(3,4)16-28-19-9-10-21-23(13-19)30-22-8-6-5-7-20(22)24(21)18(14-26)15-27;1-3(2)4(5)6/h5-10,13,17H,11-12,16H2,1-4H3;1H2,2H3,(H,5,6). The van der Waals surface area contributed by atoms with Gasteiger partial charge in [-0.25, -0.2) is 4.79 Å². The molecule has 0 saturated carbocycles. The van der Waals surface area contributed by atoms with Gasteiger partial charge in [0, 0.05) is 34.9 Å². The van der Waals surface area contributed by atoms with Crippen LogP contribution in [-0.2, 0) is 9.53 Å². The van der Waals surface area contributed by atoms with Crippen LogP contribution in [0.3, 0.4) is 0 Å². The van der Waals surface area contributed by atoms with Crippen molar-refractivity contribution in [3.63, 3.8) is 0 Å². The van der Waals surface area contributed by atoms with E-state index >= 15 is 0 Å². The molecule has 7 nitrogen and oxygen atoms in total. The van der Waals surface area contributed by atoms with Crippen LogP contribution in [0, 0.1) is 28.6 Å². The number of benzene rings is 2. The van der Waals surface area contributed by atoms with Gasteiger partial charge in [0.1, 0.15) is 41.6 Å². The zero-order valence-electron chi connectivity index (χ0n) is 21.4. The molecular weight excluding hydrogens is 456 g/mol. The van der Waals surface area contributed by atoms with Crippen molar-refractivity contribution in [3.8, 4) is 29.4 Å². The molecule has 36 heavy (non-hydrogen) atoms. The lowest BCUT2D eigenvalue weighted by Crippen LogP contribution is -2.33. The van der Waals surface area contributed by atoms with Crippen molar-refractivity contribution in [1.29, 1.82) is 10.5 Å². The summed E-state index contributed by atoms with van der Waals surface area (Å²) in [6.07, 6.45) is 1.00. The van der Waals surface area contributed by atoms with E-state index in [4.69, 9.17) is 19.3 Å². The van der Waals surface area contributed by atoms with Gasteiger partial charge in [-0.1, -0.05) is 38.6 Å². The van der Waals surface area contributed by atoms with E-state index < -0.39 is 11.6 Å². The Bertz CT molecular complexity index is 1200. The predicted octanol–water partition coefficient (Wildman–Crippen LogP) is 6.51. The molecule has 3 rings (SSSR count). The Balaban J connectivity index is 0.000000678. The lowest BCUT2D eigenvalue weighted by molar-refractivity contribution is -0.132. The van der Waals surface area contributed by atoms with E-state index in [1.165, 1.54) is 6.92 Å². The van der Waals surface area contributed by atoms with Crippen LogP contribution in [0.5, 0.6) is 17.2 Å². The zero-order valence-corrected chi connectivity index (χ0v) is 21.4. The number of carbonyl (C=O) groups is 1. The third-order valence-electron chi connectivity index (χ3n) is 5.21. The summed E-state index contributed by atoms with van der Waals surface area (Å²) < 4.78 is 18.0. The number of rotatable bonds is 8. The van der Waals surface area contributed by atoms with E-state index in [1.807, 2.05) is 62.4 Å². The molecule has 1 aliphatic heterocycles. The summed E-state index contributed by atoms with van der Waals surface area (Å²) in [5.41, 5.74) is 1.83. The summed E-state index contributed by atoms with van der Waals surface area (Å²) in [6, 6.07) is 16.9. The first kappa shape index (κ1) is 28.2. The molecule has 0 aliphatic carbocycles. The van der Waals surface area contributed by atoms with Crippen LogP contribution in [0.25, 0.3) is 5.57 Å². The Morgan fingerprint density at radius 1 is 1.11 bits per heavy atom. The van der Waals surface area contributed by atoms with Crippen molar-refractivity contribution in [2.24, 2.45) is 5.92 Å². The SMILES string of the molecule is C=C(C)C(=O)O.CC(C)CCOC(C)(C)COc1ccc2c(c1)Oc1ccccc1C2=C(C#N)C#N.